The predicted octanol–water partition coefficient (Wildman–Crippen LogP) is 3.23. The van der Waals surface area contributed by atoms with Crippen molar-refractivity contribution in [3.05, 3.63) is 60.0 Å². The second-order valence-electron chi connectivity index (χ2n) is 3.46. The minimum Gasteiger partial charge on any atom is -0.265 e. The molecule has 1 aliphatic rings. The van der Waals surface area contributed by atoms with Crippen molar-refractivity contribution in [2.45, 2.75) is 6.92 Å². The zero-order valence-electron chi connectivity index (χ0n) is 8.22. The van der Waals surface area contributed by atoms with E-state index in [0.29, 0.717) is 5.92 Å². The lowest BCUT2D eigenvalue weighted by Gasteiger charge is -2.05. The van der Waals surface area contributed by atoms with Crippen LogP contribution < -0.4 is 0 Å². The Kier molecular flexibility index (Phi) is 2.59. The van der Waals surface area contributed by atoms with Gasteiger partial charge in [0.05, 0.1) is 0 Å². The van der Waals surface area contributed by atoms with Crippen LogP contribution in [0.5, 0.6) is 0 Å². The molecule has 0 aliphatic heterocycles. The van der Waals surface area contributed by atoms with Crippen molar-refractivity contribution >= 4 is 6.08 Å². The Hall–Kier alpha value is -1.63. The summed E-state index contributed by atoms with van der Waals surface area (Å²) in [5, 5.41) is 0. The number of pyridine rings is 1. The Morgan fingerprint density at radius 1 is 1.21 bits per heavy atom. The lowest BCUT2D eigenvalue weighted by molar-refractivity contribution is 0.995. The second-order valence-corrected chi connectivity index (χ2v) is 3.46. The average molecular weight is 183 g/mol. The summed E-state index contributed by atoms with van der Waals surface area (Å²) in [6, 6.07) is 4.04. The third-order valence-electron chi connectivity index (χ3n) is 2.37. The summed E-state index contributed by atoms with van der Waals surface area (Å²) < 4.78 is 0. The lowest BCUT2D eigenvalue weighted by Crippen LogP contribution is -1.90. The first-order valence-electron chi connectivity index (χ1n) is 4.79. The zero-order valence-corrected chi connectivity index (χ0v) is 8.22. The fourth-order valence-electron chi connectivity index (χ4n) is 1.55. The van der Waals surface area contributed by atoms with Gasteiger partial charge in [0.25, 0.3) is 0 Å². The Bertz CT molecular complexity index is 373. The Morgan fingerprint density at radius 3 is 2.50 bits per heavy atom. The molecule has 1 aromatic rings. The van der Waals surface area contributed by atoms with Gasteiger partial charge in [-0.25, -0.2) is 0 Å². The minimum absolute atomic E-state index is 0.475. The summed E-state index contributed by atoms with van der Waals surface area (Å²) in [7, 11) is 0. The topological polar surface area (TPSA) is 12.9 Å². The largest absolute Gasteiger partial charge is 0.265 e. The van der Waals surface area contributed by atoms with E-state index in [1.165, 1.54) is 11.1 Å². The Labute approximate surface area is 84.5 Å². The third kappa shape index (κ3) is 1.99. The summed E-state index contributed by atoms with van der Waals surface area (Å²) >= 11 is 0. The smallest absolute Gasteiger partial charge is 0.0273 e. The molecule has 2 rings (SSSR count). The maximum atomic E-state index is 3.99. The molecule has 1 heteroatoms. The number of rotatable bonds is 2. The summed E-state index contributed by atoms with van der Waals surface area (Å²) in [5.74, 6) is 0.475. The molecule has 0 amide bonds. The van der Waals surface area contributed by atoms with Crippen LogP contribution in [0, 0.1) is 5.92 Å². The van der Waals surface area contributed by atoms with E-state index < -0.39 is 0 Å². The number of aromatic nitrogens is 1. The number of nitrogens with zero attached hydrogens (tertiary/aromatic N) is 1. The fraction of sp³-hybridized carbons (Fsp3) is 0.154. The van der Waals surface area contributed by atoms with E-state index in [4.69, 9.17) is 0 Å². The van der Waals surface area contributed by atoms with Crippen LogP contribution >= 0.6 is 0 Å². The van der Waals surface area contributed by atoms with Crippen LogP contribution in [0.15, 0.2) is 54.4 Å². The van der Waals surface area contributed by atoms with E-state index in [-0.39, 0.29) is 0 Å². The van der Waals surface area contributed by atoms with Crippen molar-refractivity contribution in [1.82, 2.24) is 4.98 Å². The molecule has 0 radical (unpaired) electrons. The van der Waals surface area contributed by atoms with Crippen molar-refractivity contribution in [3.8, 4) is 0 Å². The molecule has 14 heavy (non-hydrogen) atoms. The third-order valence-corrected chi connectivity index (χ3v) is 2.37. The van der Waals surface area contributed by atoms with Crippen molar-refractivity contribution in [2.24, 2.45) is 5.92 Å². The number of allylic oxidation sites excluding steroid dienone is 5. The van der Waals surface area contributed by atoms with Crippen molar-refractivity contribution in [1.29, 1.82) is 0 Å². The van der Waals surface area contributed by atoms with E-state index in [1.54, 1.807) is 0 Å². The molecule has 1 aromatic heterocycles. The van der Waals surface area contributed by atoms with Crippen LogP contribution in [-0.2, 0) is 0 Å². The molecular weight excluding hydrogens is 170 g/mol. The summed E-state index contributed by atoms with van der Waals surface area (Å²) in [4.78, 5) is 3.99. The Balaban J connectivity index is 2.18. The van der Waals surface area contributed by atoms with Gasteiger partial charge in [-0.15, -0.1) is 0 Å². The van der Waals surface area contributed by atoms with Crippen LogP contribution in [0.4, 0.5) is 0 Å². The molecule has 0 saturated carbocycles. The van der Waals surface area contributed by atoms with E-state index in [0.717, 1.165) is 0 Å². The van der Waals surface area contributed by atoms with Crippen molar-refractivity contribution in [3.63, 3.8) is 0 Å². The molecule has 0 spiro atoms. The first-order valence-corrected chi connectivity index (χ1v) is 4.79. The highest BCUT2D eigenvalue weighted by atomic mass is 14.6. The van der Waals surface area contributed by atoms with Gasteiger partial charge < -0.3 is 0 Å². The first-order chi connectivity index (χ1) is 6.86. The summed E-state index contributed by atoms with van der Waals surface area (Å²) in [5.41, 5.74) is 2.58. The standard InChI is InChI=1S/C13H13N/c1-11(13-4-2-3-5-13)10-12-6-8-14-9-7-12/h2-10,13H,1H3/b11-10-. The van der Waals surface area contributed by atoms with E-state index in [1.807, 2.05) is 24.5 Å². The SMILES string of the molecule is C/C(=C/c1ccncc1)C1C=CC=C1. The van der Waals surface area contributed by atoms with Crippen LogP contribution in [0.1, 0.15) is 12.5 Å². The molecular formula is C13H13N. The van der Waals surface area contributed by atoms with Crippen molar-refractivity contribution < 1.29 is 0 Å². The van der Waals surface area contributed by atoms with E-state index in [2.05, 4.69) is 42.3 Å². The summed E-state index contributed by atoms with van der Waals surface area (Å²) in [6.07, 6.45) is 14.4. The van der Waals surface area contributed by atoms with Gasteiger partial charge in [-0.1, -0.05) is 36.0 Å². The molecule has 1 nitrogen and oxygen atoms in total. The zero-order chi connectivity index (χ0) is 9.80. The molecule has 1 aliphatic carbocycles. The van der Waals surface area contributed by atoms with E-state index in [9.17, 15) is 0 Å². The van der Waals surface area contributed by atoms with Gasteiger partial charge in [0, 0.05) is 18.3 Å². The molecule has 0 N–H and O–H groups in total. The average Bonchev–Trinajstić information content (AvgIpc) is 2.72. The van der Waals surface area contributed by atoms with Gasteiger partial charge in [-0.05, 0) is 24.6 Å². The van der Waals surface area contributed by atoms with Gasteiger partial charge in [0.15, 0.2) is 0 Å². The first kappa shape index (κ1) is 8.95. The molecule has 0 fully saturated rings. The fourth-order valence-corrected chi connectivity index (χ4v) is 1.55. The van der Waals surface area contributed by atoms with Crippen LogP contribution in [0.25, 0.3) is 6.08 Å². The molecule has 0 bridgehead atoms. The highest BCUT2D eigenvalue weighted by Gasteiger charge is 2.04. The molecule has 1 heterocycles. The quantitative estimate of drug-likeness (QED) is 0.686. The highest BCUT2D eigenvalue weighted by molar-refractivity contribution is 5.54. The second kappa shape index (κ2) is 4.05. The van der Waals surface area contributed by atoms with Gasteiger partial charge in [0.1, 0.15) is 0 Å². The van der Waals surface area contributed by atoms with Crippen molar-refractivity contribution in [2.75, 3.05) is 0 Å². The molecule has 0 aromatic carbocycles. The predicted molar refractivity (Wildman–Crippen MR) is 59.7 cm³/mol. The van der Waals surface area contributed by atoms with Crippen LogP contribution in [-0.4, -0.2) is 4.98 Å². The van der Waals surface area contributed by atoms with Crippen LogP contribution in [0.2, 0.25) is 0 Å². The maximum absolute atomic E-state index is 3.99. The number of hydrogen-bond donors (Lipinski definition) is 0. The minimum atomic E-state index is 0.475. The Morgan fingerprint density at radius 2 is 1.86 bits per heavy atom. The molecule has 0 saturated heterocycles. The monoisotopic (exact) mass is 183 g/mol. The number of hydrogen-bond acceptors (Lipinski definition) is 1. The maximum Gasteiger partial charge on any atom is 0.0273 e. The molecule has 0 atom stereocenters. The van der Waals surface area contributed by atoms with Gasteiger partial charge in [-0.2, -0.15) is 0 Å². The van der Waals surface area contributed by atoms with Gasteiger partial charge >= 0.3 is 0 Å². The molecule has 0 unspecified atom stereocenters. The highest BCUT2D eigenvalue weighted by Crippen LogP contribution is 2.20. The normalized spacial score (nSPS) is 16.5. The summed E-state index contributed by atoms with van der Waals surface area (Å²) in [6.45, 7) is 2.16. The molecule has 70 valence electrons. The van der Waals surface area contributed by atoms with Gasteiger partial charge in [0.2, 0.25) is 0 Å². The lowest BCUT2D eigenvalue weighted by atomic mass is 10.0. The van der Waals surface area contributed by atoms with Crippen LogP contribution in [0.3, 0.4) is 0 Å². The van der Waals surface area contributed by atoms with Gasteiger partial charge in [-0.3, -0.25) is 4.98 Å². The van der Waals surface area contributed by atoms with E-state index >= 15 is 0 Å².